The van der Waals surface area contributed by atoms with Gasteiger partial charge in [-0.1, -0.05) is 0 Å². The molecule has 0 saturated carbocycles. The van der Waals surface area contributed by atoms with Gasteiger partial charge < -0.3 is 15.3 Å². The predicted octanol–water partition coefficient (Wildman–Crippen LogP) is -0.0307. The summed E-state index contributed by atoms with van der Waals surface area (Å²) in [5.74, 6) is 0.0688. The Balaban J connectivity index is 2.18. The molecule has 1 heterocycles. The number of hydrogen-bond acceptors (Lipinski definition) is 3. The first-order valence-corrected chi connectivity index (χ1v) is 5.31. The third-order valence-electron chi connectivity index (χ3n) is 2.55. The summed E-state index contributed by atoms with van der Waals surface area (Å²) in [5.41, 5.74) is 0. The second-order valence-corrected chi connectivity index (χ2v) is 4.00. The number of aliphatic hydroxyl groups is 1. The van der Waals surface area contributed by atoms with E-state index >= 15 is 0 Å². The Morgan fingerprint density at radius 2 is 2.43 bits per heavy atom. The van der Waals surface area contributed by atoms with Crippen LogP contribution in [0.2, 0.25) is 0 Å². The van der Waals surface area contributed by atoms with Crippen LogP contribution in [0.5, 0.6) is 0 Å². The zero-order valence-corrected chi connectivity index (χ0v) is 8.83. The average molecular weight is 200 g/mol. The second kappa shape index (κ2) is 5.98. The zero-order chi connectivity index (χ0) is 10.4. The topological polar surface area (TPSA) is 52.6 Å². The Morgan fingerprint density at radius 3 is 3.07 bits per heavy atom. The zero-order valence-electron chi connectivity index (χ0n) is 8.83. The van der Waals surface area contributed by atoms with Gasteiger partial charge in [-0.25, -0.2) is 0 Å². The lowest BCUT2D eigenvalue weighted by Gasteiger charge is -2.30. The van der Waals surface area contributed by atoms with E-state index in [1.807, 2.05) is 0 Å². The molecular formula is C10H20N2O2. The molecule has 1 amide bonds. The average Bonchev–Trinajstić information content (AvgIpc) is 2.15. The summed E-state index contributed by atoms with van der Waals surface area (Å²) in [5, 5.41) is 11.6. The highest BCUT2D eigenvalue weighted by Gasteiger charge is 2.18. The Hall–Kier alpha value is -0.610. The maximum absolute atomic E-state index is 11.3. The number of carbonyl (C=O) groups is 1. The summed E-state index contributed by atoms with van der Waals surface area (Å²) in [6.07, 6.45) is 3.24. The van der Waals surface area contributed by atoms with Crippen LogP contribution in [0.15, 0.2) is 0 Å². The molecule has 4 nitrogen and oxygen atoms in total. The summed E-state index contributed by atoms with van der Waals surface area (Å²) in [6.45, 7) is 2.17. The molecule has 0 aromatic rings. The van der Waals surface area contributed by atoms with Crippen LogP contribution in [0.1, 0.15) is 25.7 Å². The van der Waals surface area contributed by atoms with Gasteiger partial charge in [0.15, 0.2) is 0 Å². The maximum atomic E-state index is 11.3. The van der Waals surface area contributed by atoms with E-state index in [0.29, 0.717) is 18.9 Å². The van der Waals surface area contributed by atoms with E-state index in [0.717, 1.165) is 25.9 Å². The fraction of sp³-hybridized carbons (Fsp3) is 0.900. The van der Waals surface area contributed by atoms with Crippen LogP contribution in [0.4, 0.5) is 0 Å². The van der Waals surface area contributed by atoms with E-state index in [2.05, 4.69) is 17.3 Å². The van der Waals surface area contributed by atoms with Crippen molar-refractivity contribution in [2.75, 3.05) is 26.7 Å². The monoisotopic (exact) mass is 200 g/mol. The van der Waals surface area contributed by atoms with E-state index in [1.165, 1.54) is 0 Å². The van der Waals surface area contributed by atoms with E-state index in [4.69, 9.17) is 5.11 Å². The molecule has 1 unspecified atom stereocenters. The summed E-state index contributed by atoms with van der Waals surface area (Å²) in [7, 11) is 2.08. The molecule has 82 valence electrons. The van der Waals surface area contributed by atoms with E-state index in [-0.39, 0.29) is 12.5 Å². The molecule has 0 radical (unpaired) electrons. The van der Waals surface area contributed by atoms with Gasteiger partial charge in [0, 0.05) is 25.6 Å². The van der Waals surface area contributed by atoms with Crippen molar-refractivity contribution in [1.29, 1.82) is 0 Å². The standard InChI is InChI=1S/C10H20N2O2/c1-12-6-2-4-9(8-12)11-10(14)5-3-7-13/h9,13H,2-8H2,1H3,(H,11,14). The minimum Gasteiger partial charge on any atom is -0.396 e. The van der Waals surface area contributed by atoms with Gasteiger partial charge in [-0.3, -0.25) is 4.79 Å². The second-order valence-electron chi connectivity index (χ2n) is 4.00. The van der Waals surface area contributed by atoms with Gasteiger partial charge >= 0.3 is 0 Å². The van der Waals surface area contributed by atoms with Crippen molar-refractivity contribution in [2.24, 2.45) is 0 Å². The largest absolute Gasteiger partial charge is 0.396 e. The van der Waals surface area contributed by atoms with Crippen molar-refractivity contribution in [3.63, 3.8) is 0 Å². The van der Waals surface area contributed by atoms with Crippen molar-refractivity contribution in [3.8, 4) is 0 Å². The van der Waals surface area contributed by atoms with Gasteiger partial charge in [0.1, 0.15) is 0 Å². The van der Waals surface area contributed by atoms with Crippen LogP contribution < -0.4 is 5.32 Å². The Bertz CT molecular complexity index is 185. The van der Waals surface area contributed by atoms with Crippen molar-refractivity contribution in [1.82, 2.24) is 10.2 Å². The van der Waals surface area contributed by atoms with Crippen LogP contribution in [0.3, 0.4) is 0 Å². The van der Waals surface area contributed by atoms with E-state index < -0.39 is 0 Å². The minimum atomic E-state index is 0.0688. The van der Waals surface area contributed by atoms with E-state index in [9.17, 15) is 4.79 Å². The van der Waals surface area contributed by atoms with Gasteiger partial charge in [0.25, 0.3) is 0 Å². The summed E-state index contributed by atoms with van der Waals surface area (Å²) >= 11 is 0. The number of carbonyl (C=O) groups excluding carboxylic acids is 1. The highest BCUT2D eigenvalue weighted by atomic mass is 16.3. The van der Waals surface area contributed by atoms with Crippen molar-refractivity contribution in [2.45, 2.75) is 31.7 Å². The normalized spacial score (nSPS) is 23.4. The Morgan fingerprint density at radius 1 is 1.64 bits per heavy atom. The molecule has 2 N–H and O–H groups in total. The fourth-order valence-electron chi connectivity index (χ4n) is 1.82. The molecule has 4 heteroatoms. The quantitative estimate of drug-likeness (QED) is 0.670. The van der Waals surface area contributed by atoms with Crippen LogP contribution in [-0.4, -0.2) is 48.7 Å². The SMILES string of the molecule is CN1CCCC(NC(=O)CCCO)C1. The molecule has 1 rings (SSSR count). The lowest BCUT2D eigenvalue weighted by atomic mass is 10.1. The fourth-order valence-corrected chi connectivity index (χ4v) is 1.82. The van der Waals surface area contributed by atoms with Gasteiger partial charge in [-0.2, -0.15) is 0 Å². The van der Waals surface area contributed by atoms with Crippen molar-refractivity contribution >= 4 is 5.91 Å². The number of likely N-dealkylation sites (tertiary alicyclic amines) is 1. The summed E-state index contributed by atoms with van der Waals surface area (Å²) < 4.78 is 0. The number of aliphatic hydroxyl groups excluding tert-OH is 1. The van der Waals surface area contributed by atoms with Gasteiger partial charge in [-0.15, -0.1) is 0 Å². The molecular weight excluding hydrogens is 180 g/mol. The summed E-state index contributed by atoms with van der Waals surface area (Å²) in [4.78, 5) is 13.6. The molecule has 0 aromatic heterocycles. The third-order valence-corrected chi connectivity index (χ3v) is 2.55. The van der Waals surface area contributed by atoms with Crippen LogP contribution in [-0.2, 0) is 4.79 Å². The molecule has 1 aliphatic rings. The molecule has 0 aliphatic carbocycles. The van der Waals surface area contributed by atoms with Crippen molar-refractivity contribution < 1.29 is 9.90 Å². The molecule has 0 spiro atoms. The lowest BCUT2D eigenvalue weighted by molar-refractivity contribution is -0.122. The minimum absolute atomic E-state index is 0.0688. The number of piperidine rings is 1. The summed E-state index contributed by atoms with van der Waals surface area (Å²) in [6, 6.07) is 0.306. The lowest BCUT2D eigenvalue weighted by Crippen LogP contribution is -2.46. The van der Waals surface area contributed by atoms with Gasteiger partial charge in [-0.05, 0) is 32.9 Å². The number of rotatable bonds is 4. The smallest absolute Gasteiger partial charge is 0.220 e. The van der Waals surface area contributed by atoms with E-state index in [1.54, 1.807) is 0 Å². The third kappa shape index (κ3) is 4.07. The Labute approximate surface area is 85.3 Å². The number of nitrogens with zero attached hydrogens (tertiary/aromatic N) is 1. The highest BCUT2D eigenvalue weighted by Crippen LogP contribution is 2.07. The van der Waals surface area contributed by atoms with Crippen LogP contribution in [0, 0.1) is 0 Å². The first-order chi connectivity index (χ1) is 6.72. The molecule has 1 saturated heterocycles. The molecule has 1 fully saturated rings. The maximum Gasteiger partial charge on any atom is 0.220 e. The number of likely N-dealkylation sites (N-methyl/N-ethyl adjacent to an activating group) is 1. The van der Waals surface area contributed by atoms with Gasteiger partial charge in [0.2, 0.25) is 5.91 Å². The molecule has 1 atom stereocenters. The molecule has 0 aromatic carbocycles. The number of nitrogens with one attached hydrogen (secondary N) is 1. The number of amides is 1. The van der Waals surface area contributed by atoms with Crippen LogP contribution in [0.25, 0.3) is 0 Å². The van der Waals surface area contributed by atoms with Crippen molar-refractivity contribution in [3.05, 3.63) is 0 Å². The molecule has 0 bridgehead atoms. The Kier molecular flexibility index (Phi) is 4.90. The molecule has 14 heavy (non-hydrogen) atoms. The first-order valence-electron chi connectivity index (χ1n) is 5.31. The molecule has 1 aliphatic heterocycles. The highest BCUT2D eigenvalue weighted by molar-refractivity contribution is 5.76. The first kappa shape index (κ1) is 11.5. The van der Waals surface area contributed by atoms with Gasteiger partial charge in [0.05, 0.1) is 0 Å². The number of hydrogen-bond donors (Lipinski definition) is 2. The predicted molar refractivity (Wildman–Crippen MR) is 55.0 cm³/mol. The van der Waals surface area contributed by atoms with Crippen LogP contribution >= 0.6 is 0 Å².